The Kier molecular flexibility index (Phi) is 5.99. The molecule has 0 amide bonds. The molecule has 0 spiro atoms. The average Bonchev–Trinajstić information content (AvgIpc) is 3.65. The van der Waals surface area contributed by atoms with E-state index < -0.39 is 0 Å². The highest BCUT2D eigenvalue weighted by Crippen LogP contribution is 2.40. The number of benzene rings is 1. The number of aliphatic imine (C=N–C) groups is 2. The predicted octanol–water partition coefficient (Wildman–Crippen LogP) is 3.81. The molecule has 6 rings (SSSR count). The molecule has 4 aliphatic heterocycles. The average molecular weight is 492 g/mol. The van der Waals surface area contributed by atoms with Crippen LogP contribution < -0.4 is 16.0 Å². The van der Waals surface area contributed by atoms with E-state index in [2.05, 4.69) is 120 Å². The van der Waals surface area contributed by atoms with Crippen molar-refractivity contribution in [3.8, 4) is 0 Å². The monoisotopic (exact) mass is 491 g/mol. The zero-order valence-corrected chi connectivity index (χ0v) is 21.3. The van der Waals surface area contributed by atoms with Crippen molar-refractivity contribution in [3.05, 3.63) is 112 Å². The Labute approximate surface area is 215 Å². The Morgan fingerprint density at radius 3 is 2.39 bits per heavy atom. The van der Waals surface area contributed by atoms with Gasteiger partial charge < -0.3 is 15.2 Å². The summed E-state index contributed by atoms with van der Waals surface area (Å²) >= 11 is 1.91. The predicted molar refractivity (Wildman–Crippen MR) is 152 cm³/mol. The van der Waals surface area contributed by atoms with E-state index in [-0.39, 0.29) is 5.54 Å². The van der Waals surface area contributed by atoms with Gasteiger partial charge in [-0.1, -0.05) is 24.3 Å². The standard InChI is InChI=1S/C30H29N5S/c1-35(2)15-16-36-29-6-4-3-5-28(29)30-14-13-26(34-30)19-25-10-9-22(32-25)17-21-7-8-23(31-21)18-24-11-12-27(20-30)33-24/h3-13,17-20,31,34H,14-16H2,1-2H3. The summed E-state index contributed by atoms with van der Waals surface area (Å²) in [5.41, 5.74) is 5.77. The number of fused-ring (bicyclic) bond motifs is 6. The van der Waals surface area contributed by atoms with Gasteiger partial charge in [-0.15, -0.1) is 11.8 Å². The number of hydrogen-bond donors (Lipinski definition) is 2. The molecule has 2 N–H and O–H groups in total. The van der Waals surface area contributed by atoms with Crippen LogP contribution in [0, 0.1) is 0 Å². The van der Waals surface area contributed by atoms with E-state index in [1.165, 1.54) is 10.5 Å². The maximum Gasteiger partial charge on any atom is 0.0879 e. The van der Waals surface area contributed by atoms with Crippen molar-refractivity contribution in [2.45, 2.75) is 16.9 Å². The zero-order valence-electron chi connectivity index (χ0n) is 20.5. The third-order valence-corrected chi connectivity index (χ3v) is 7.63. The Bertz CT molecular complexity index is 1540. The van der Waals surface area contributed by atoms with Gasteiger partial charge in [0.2, 0.25) is 0 Å². The first-order valence-electron chi connectivity index (χ1n) is 12.3. The fourth-order valence-corrected chi connectivity index (χ4v) is 6.07. The van der Waals surface area contributed by atoms with E-state index >= 15 is 0 Å². The Hall–Kier alpha value is -3.61. The van der Waals surface area contributed by atoms with Crippen LogP contribution in [0.3, 0.4) is 0 Å². The van der Waals surface area contributed by atoms with Crippen LogP contribution in [0.5, 0.6) is 0 Å². The van der Waals surface area contributed by atoms with Gasteiger partial charge in [-0.05, 0) is 92.9 Å². The lowest BCUT2D eigenvalue weighted by molar-refractivity contribution is 0.437. The summed E-state index contributed by atoms with van der Waals surface area (Å²) < 4.78 is 0. The van der Waals surface area contributed by atoms with Crippen molar-refractivity contribution in [2.24, 2.45) is 9.98 Å². The zero-order chi connectivity index (χ0) is 24.5. The van der Waals surface area contributed by atoms with Crippen LogP contribution in [0.4, 0.5) is 0 Å². The largest absolute Gasteiger partial charge is 0.372 e. The molecule has 0 saturated heterocycles. The first kappa shape index (κ1) is 22.8. The smallest absolute Gasteiger partial charge is 0.0879 e. The highest BCUT2D eigenvalue weighted by atomic mass is 32.2. The van der Waals surface area contributed by atoms with E-state index in [0.29, 0.717) is 0 Å². The highest BCUT2D eigenvalue weighted by molar-refractivity contribution is 7.99. The summed E-state index contributed by atoms with van der Waals surface area (Å²) in [6.45, 7) is 1.03. The third kappa shape index (κ3) is 4.74. The lowest BCUT2D eigenvalue weighted by atomic mass is 9.87. The second-order valence-electron chi connectivity index (χ2n) is 9.64. The minimum Gasteiger partial charge on any atom is -0.372 e. The summed E-state index contributed by atoms with van der Waals surface area (Å²) in [5, 5.41) is 5.91. The second kappa shape index (κ2) is 9.45. The molecule has 1 aromatic heterocycles. The number of allylic oxidation sites excluding steroid dienone is 5. The van der Waals surface area contributed by atoms with Gasteiger partial charge >= 0.3 is 0 Å². The molecule has 1 atom stereocenters. The fourth-order valence-electron chi connectivity index (χ4n) is 4.81. The maximum absolute atomic E-state index is 4.95. The Balaban J connectivity index is 1.46. The molecule has 8 bridgehead atoms. The van der Waals surface area contributed by atoms with Gasteiger partial charge in [0.25, 0.3) is 0 Å². The molecule has 0 radical (unpaired) electrons. The molecule has 2 aromatic rings. The highest BCUT2D eigenvalue weighted by Gasteiger charge is 2.36. The minimum absolute atomic E-state index is 0.385. The number of rotatable bonds is 5. The Morgan fingerprint density at radius 1 is 0.889 bits per heavy atom. The maximum atomic E-state index is 4.95. The lowest BCUT2D eigenvalue weighted by Crippen LogP contribution is -2.36. The normalized spacial score (nSPS) is 21.8. The first-order chi connectivity index (χ1) is 17.5. The molecule has 5 heterocycles. The Morgan fingerprint density at radius 2 is 1.61 bits per heavy atom. The molecule has 0 aliphatic carbocycles. The van der Waals surface area contributed by atoms with Crippen LogP contribution in [-0.2, 0) is 5.54 Å². The summed E-state index contributed by atoms with van der Waals surface area (Å²) in [4.78, 5) is 16.7. The van der Waals surface area contributed by atoms with Gasteiger partial charge in [0.15, 0.2) is 0 Å². The molecule has 36 heavy (non-hydrogen) atoms. The van der Waals surface area contributed by atoms with E-state index in [4.69, 9.17) is 9.98 Å². The molecule has 1 unspecified atom stereocenters. The molecule has 6 heteroatoms. The number of aromatic nitrogens is 1. The van der Waals surface area contributed by atoms with Gasteiger partial charge in [0.05, 0.1) is 28.4 Å². The molecule has 1 aromatic carbocycles. The number of hydrogen-bond acceptors (Lipinski definition) is 5. The number of aromatic amines is 1. The van der Waals surface area contributed by atoms with Crippen LogP contribution >= 0.6 is 11.8 Å². The third-order valence-electron chi connectivity index (χ3n) is 6.58. The minimum atomic E-state index is -0.385. The summed E-state index contributed by atoms with van der Waals surface area (Å²) in [7, 11) is 4.24. The topological polar surface area (TPSA) is 55.8 Å². The van der Waals surface area contributed by atoms with E-state index in [9.17, 15) is 0 Å². The lowest BCUT2D eigenvalue weighted by Gasteiger charge is -2.31. The van der Waals surface area contributed by atoms with E-state index in [0.717, 1.165) is 57.9 Å². The first-order valence-corrected chi connectivity index (χ1v) is 13.3. The summed E-state index contributed by atoms with van der Waals surface area (Å²) in [5.74, 6) is 1.04. The van der Waals surface area contributed by atoms with Gasteiger partial charge in [-0.25, -0.2) is 9.98 Å². The molecule has 5 nitrogen and oxygen atoms in total. The van der Waals surface area contributed by atoms with Crippen LogP contribution in [-0.4, -0.2) is 47.7 Å². The van der Waals surface area contributed by atoms with Crippen molar-refractivity contribution >= 4 is 35.3 Å². The molecule has 0 saturated carbocycles. The van der Waals surface area contributed by atoms with Crippen LogP contribution in [0.1, 0.15) is 12.0 Å². The van der Waals surface area contributed by atoms with Crippen LogP contribution in [0.2, 0.25) is 0 Å². The van der Waals surface area contributed by atoms with Crippen molar-refractivity contribution in [2.75, 3.05) is 26.4 Å². The van der Waals surface area contributed by atoms with E-state index in [1.54, 1.807) is 0 Å². The number of thioether (sulfide) groups is 1. The number of H-pyrrole nitrogens is 1. The van der Waals surface area contributed by atoms with Gasteiger partial charge in [0.1, 0.15) is 0 Å². The molecular formula is C30H29N5S. The van der Waals surface area contributed by atoms with Crippen LogP contribution in [0.15, 0.2) is 111 Å². The molecule has 4 aliphatic rings. The van der Waals surface area contributed by atoms with Crippen molar-refractivity contribution in [3.63, 3.8) is 0 Å². The van der Waals surface area contributed by atoms with Crippen molar-refractivity contribution < 1.29 is 0 Å². The second-order valence-corrected chi connectivity index (χ2v) is 10.8. The van der Waals surface area contributed by atoms with Gasteiger partial charge in [-0.2, -0.15) is 0 Å². The summed E-state index contributed by atoms with van der Waals surface area (Å²) in [6.07, 6.45) is 20.0. The number of nitrogens with one attached hydrogen (secondary N) is 2. The van der Waals surface area contributed by atoms with Crippen molar-refractivity contribution in [1.82, 2.24) is 15.2 Å². The molecule has 0 fully saturated rings. The van der Waals surface area contributed by atoms with Gasteiger partial charge in [-0.3, -0.25) is 0 Å². The fraction of sp³-hybridized carbons (Fsp3) is 0.200. The molecular weight excluding hydrogens is 462 g/mol. The van der Waals surface area contributed by atoms with Crippen molar-refractivity contribution in [1.29, 1.82) is 0 Å². The van der Waals surface area contributed by atoms with Gasteiger partial charge in [0, 0.05) is 33.6 Å². The molecule has 180 valence electrons. The number of nitrogens with zero attached hydrogens (tertiary/aromatic N) is 3. The SMILES string of the molecule is CN(C)CCSc1ccccc1C12C=C3C=CC(=N3)C=c3ccc([nH]3)=CC3=NC(=CC(=CC1)N2)C=C3. The van der Waals surface area contributed by atoms with E-state index in [1.807, 2.05) is 11.8 Å². The van der Waals surface area contributed by atoms with Crippen LogP contribution in [0.25, 0.3) is 12.2 Å². The quantitative estimate of drug-likeness (QED) is 0.626. The summed E-state index contributed by atoms with van der Waals surface area (Å²) in [6, 6.07) is 12.9.